The standard InChI is InChI=1S/C17H21FN2/c1-13(15-7-5-4-6-8-15)19-12-14-9-10-16(18)17(11-14)20(2)3/h4-11,13,19H,12H2,1-3H3. The molecule has 0 aliphatic heterocycles. The first-order valence-corrected chi connectivity index (χ1v) is 6.82. The number of benzene rings is 2. The molecule has 0 radical (unpaired) electrons. The zero-order valence-electron chi connectivity index (χ0n) is 12.2. The fourth-order valence-electron chi connectivity index (χ4n) is 2.14. The van der Waals surface area contributed by atoms with Gasteiger partial charge in [-0.25, -0.2) is 4.39 Å². The van der Waals surface area contributed by atoms with Crippen LogP contribution >= 0.6 is 0 Å². The van der Waals surface area contributed by atoms with Crippen molar-refractivity contribution in [2.45, 2.75) is 19.5 Å². The molecule has 0 fully saturated rings. The topological polar surface area (TPSA) is 15.3 Å². The molecular weight excluding hydrogens is 251 g/mol. The summed E-state index contributed by atoms with van der Waals surface area (Å²) in [5, 5.41) is 3.46. The summed E-state index contributed by atoms with van der Waals surface area (Å²) in [4.78, 5) is 1.79. The summed E-state index contributed by atoms with van der Waals surface area (Å²) < 4.78 is 13.6. The zero-order valence-corrected chi connectivity index (χ0v) is 12.2. The van der Waals surface area contributed by atoms with Gasteiger partial charge in [0.25, 0.3) is 0 Å². The third-order valence-electron chi connectivity index (χ3n) is 3.40. The van der Waals surface area contributed by atoms with Gasteiger partial charge in [-0.1, -0.05) is 36.4 Å². The van der Waals surface area contributed by atoms with Crippen LogP contribution in [0.25, 0.3) is 0 Å². The maximum atomic E-state index is 13.6. The molecule has 106 valence electrons. The van der Waals surface area contributed by atoms with E-state index >= 15 is 0 Å². The number of nitrogens with one attached hydrogen (secondary N) is 1. The van der Waals surface area contributed by atoms with Crippen molar-refractivity contribution >= 4 is 5.69 Å². The van der Waals surface area contributed by atoms with Crippen molar-refractivity contribution in [3.8, 4) is 0 Å². The third kappa shape index (κ3) is 3.58. The smallest absolute Gasteiger partial charge is 0.146 e. The molecule has 2 nitrogen and oxygen atoms in total. The van der Waals surface area contributed by atoms with Gasteiger partial charge < -0.3 is 10.2 Å². The fraction of sp³-hybridized carbons (Fsp3) is 0.294. The van der Waals surface area contributed by atoms with Gasteiger partial charge in [0.1, 0.15) is 5.82 Å². The lowest BCUT2D eigenvalue weighted by molar-refractivity contribution is 0.573. The molecule has 1 N–H and O–H groups in total. The second kappa shape index (κ2) is 6.53. The van der Waals surface area contributed by atoms with Gasteiger partial charge in [-0.3, -0.25) is 0 Å². The maximum Gasteiger partial charge on any atom is 0.146 e. The Morgan fingerprint density at radius 3 is 2.45 bits per heavy atom. The van der Waals surface area contributed by atoms with Gasteiger partial charge in [-0.2, -0.15) is 0 Å². The predicted octanol–water partition coefficient (Wildman–Crippen LogP) is 3.74. The molecule has 0 spiro atoms. The molecule has 1 unspecified atom stereocenters. The number of halogens is 1. The van der Waals surface area contributed by atoms with E-state index in [9.17, 15) is 4.39 Å². The Kier molecular flexibility index (Phi) is 4.74. The first-order valence-electron chi connectivity index (χ1n) is 6.82. The maximum absolute atomic E-state index is 13.6. The van der Waals surface area contributed by atoms with Crippen LogP contribution in [0.5, 0.6) is 0 Å². The van der Waals surface area contributed by atoms with Gasteiger partial charge in [0, 0.05) is 26.7 Å². The van der Waals surface area contributed by atoms with Gasteiger partial charge in [-0.05, 0) is 30.2 Å². The van der Waals surface area contributed by atoms with E-state index in [1.807, 2.05) is 44.4 Å². The molecule has 0 aliphatic carbocycles. The minimum atomic E-state index is -0.185. The van der Waals surface area contributed by atoms with Gasteiger partial charge >= 0.3 is 0 Å². The van der Waals surface area contributed by atoms with E-state index in [0.717, 1.165) is 12.1 Å². The Morgan fingerprint density at radius 2 is 1.80 bits per heavy atom. The van der Waals surface area contributed by atoms with E-state index in [4.69, 9.17) is 0 Å². The van der Waals surface area contributed by atoms with Crippen molar-refractivity contribution in [2.75, 3.05) is 19.0 Å². The van der Waals surface area contributed by atoms with Gasteiger partial charge in [0.2, 0.25) is 0 Å². The summed E-state index contributed by atoms with van der Waals surface area (Å²) in [5.74, 6) is -0.185. The molecule has 2 rings (SSSR count). The molecule has 1 atom stereocenters. The van der Waals surface area contributed by atoms with Crippen LogP contribution in [0, 0.1) is 5.82 Å². The van der Waals surface area contributed by atoms with Crippen molar-refractivity contribution in [1.82, 2.24) is 5.32 Å². The van der Waals surface area contributed by atoms with E-state index in [1.165, 1.54) is 11.6 Å². The molecule has 0 saturated heterocycles. The first-order chi connectivity index (χ1) is 9.58. The Morgan fingerprint density at radius 1 is 1.10 bits per heavy atom. The monoisotopic (exact) mass is 272 g/mol. The molecule has 0 aromatic heterocycles. The highest BCUT2D eigenvalue weighted by molar-refractivity contribution is 5.48. The summed E-state index contributed by atoms with van der Waals surface area (Å²) in [5.41, 5.74) is 2.96. The molecule has 0 amide bonds. The van der Waals surface area contributed by atoms with E-state index in [0.29, 0.717) is 5.69 Å². The lowest BCUT2D eigenvalue weighted by atomic mass is 10.1. The highest BCUT2D eigenvalue weighted by atomic mass is 19.1. The summed E-state index contributed by atoms with van der Waals surface area (Å²) in [6, 6.07) is 15.8. The number of anilines is 1. The number of hydrogen-bond donors (Lipinski definition) is 1. The second-order valence-electron chi connectivity index (χ2n) is 5.19. The van der Waals surface area contributed by atoms with Crippen molar-refractivity contribution < 1.29 is 4.39 Å². The molecule has 2 aromatic carbocycles. The molecule has 2 aromatic rings. The summed E-state index contributed by atoms with van der Waals surface area (Å²) in [7, 11) is 3.70. The van der Waals surface area contributed by atoms with E-state index in [-0.39, 0.29) is 11.9 Å². The van der Waals surface area contributed by atoms with Crippen LogP contribution in [0.2, 0.25) is 0 Å². The highest BCUT2D eigenvalue weighted by Gasteiger charge is 2.07. The third-order valence-corrected chi connectivity index (χ3v) is 3.40. The Bertz CT molecular complexity index is 552. The Balaban J connectivity index is 2.02. The second-order valence-corrected chi connectivity index (χ2v) is 5.19. The Hall–Kier alpha value is -1.87. The summed E-state index contributed by atoms with van der Waals surface area (Å²) in [6.07, 6.45) is 0. The minimum absolute atomic E-state index is 0.185. The molecular formula is C17H21FN2. The van der Waals surface area contributed by atoms with Crippen LogP contribution < -0.4 is 10.2 Å². The molecule has 0 bridgehead atoms. The predicted molar refractivity (Wildman–Crippen MR) is 82.4 cm³/mol. The van der Waals surface area contributed by atoms with Crippen LogP contribution in [-0.4, -0.2) is 14.1 Å². The van der Waals surface area contributed by atoms with Gasteiger partial charge in [0.15, 0.2) is 0 Å². The van der Waals surface area contributed by atoms with Gasteiger partial charge in [-0.15, -0.1) is 0 Å². The molecule has 20 heavy (non-hydrogen) atoms. The molecule has 0 heterocycles. The molecule has 0 saturated carbocycles. The SMILES string of the molecule is CC(NCc1ccc(F)c(N(C)C)c1)c1ccccc1. The quantitative estimate of drug-likeness (QED) is 0.892. The van der Waals surface area contributed by atoms with E-state index < -0.39 is 0 Å². The number of nitrogens with zero attached hydrogens (tertiary/aromatic N) is 1. The van der Waals surface area contributed by atoms with Crippen LogP contribution in [0.4, 0.5) is 10.1 Å². The molecule has 3 heteroatoms. The molecule has 0 aliphatic rings. The van der Waals surface area contributed by atoms with Crippen molar-refractivity contribution in [3.05, 3.63) is 65.5 Å². The van der Waals surface area contributed by atoms with Crippen LogP contribution in [0.15, 0.2) is 48.5 Å². The zero-order chi connectivity index (χ0) is 14.5. The highest BCUT2D eigenvalue weighted by Crippen LogP contribution is 2.19. The average Bonchev–Trinajstić information content (AvgIpc) is 2.46. The minimum Gasteiger partial charge on any atom is -0.375 e. The normalized spacial score (nSPS) is 12.2. The summed E-state index contributed by atoms with van der Waals surface area (Å²) >= 11 is 0. The average molecular weight is 272 g/mol. The van der Waals surface area contributed by atoms with Crippen LogP contribution in [0.3, 0.4) is 0 Å². The largest absolute Gasteiger partial charge is 0.375 e. The lowest BCUT2D eigenvalue weighted by Gasteiger charge is -2.17. The van der Waals surface area contributed by atoms with Crippen molar-refractivity contribution in [1.29, 1.82) is 0 Å². The van der Waals surface area contributed by atoms with Gasteiger partial charge in [0.05, 0.1) is 5.69 Å². The van der Waals surface area contributed by atoms with Crippen LogP contribution in [-0.2, 0) is 6.54 Å². The van der Waals surface area contributed by atoms with Crippen molar-refractivity contribution in [2.24, 2.45) is 0 Å². The van der Waals surface area contributed by atoms with E-state index in [2.05, 4.69) is 24.4 Å². The summed E-state index contributed by atoms with van der Waals surface area (Å²) in [6.45, 7) is 2.85. The lowest BCUT2D eigenvalue weighted by Crippen LogP contribution is -2.18. The van der Waals surface area contributed by atoms with Crippen LogP contribution in [0.1, 0.15) is 24.1 Å². The van der Waals surface area contributed by atoms with E-state index in [1.54, 1.807) is 4.90 Å². The first kappa shape index (κ1) is 14.5. The number of rotatable bonds is 5. The fourth-order valence-corrected chi connectivity index (χ4v) is 2.14. The Labute approximate surface area is 120 Å². The number of hydrogen-bond acceptors (Lipinski definition) is 2. The van der Waals surface area contributed by atoms with Crippen molar-refractivity contribution in [3.63, 3.8) is 0 Å².